The highest BCUT2D eigenvalue weighted by atomic mass is 16.2. The van der Waals surface area contributed by atoms with E-state index in [-0.39, 0.29) is 18.4 Å². The third kappa shape index (κ3) is 6.10. The highest BCUT2D eigenvalue weighted by Gasteiger charge is 2.09. The first-order chi connectivity index (χ1) is 12.8. The molecule has 2 N–H and O–H groups in total. The van der Waals surface area contributed by atoms with E-state index in [1.165, 1.54) is 11.6 Å². The zero-order valence-corrected chi connectivity index (χ0v) is 16.7. The summed E-state index contributed by atoms with van der Waals surface area (Å²) in [6.07, 6.45) is 3.19. The normalized spacial score (nSPS) is 11.0. The van der Waals surface area contributed by atoms with Gasteiger partial charge in [-0.05, 0) is 55.0 Å². The molecule has 27 heavy (non-hydrogen) atoms. The highest BCUT2D eigenvalue weighted by Crippen LogP contribution is 2.21. The Morgan fingerprint density at radius 3 is 2.15 bits per heavy atom. The van der Waals surface area contributed by atoms with Gasteiger partial charge in [0.2, 0.25) is 11.8 Å². The summed E-state index contributed by atoms with van der Waals surface area (Å²) in [5.41, 5.74) is 6.19. The van der Waals surface area contributed by atoms with Crippen molar-refractivity contribution in [3.8, 4) is 0 Å². The number of carbonyl (C=O) groups excluding carboxylic acids is 2. The number of rotatable bonds is 6. The van der Waals surface area contributed by atoms with Crippen LogP contribution < -0.4 is 10.6 Å². The molecule has 2 aromatic carbocycles. The largest absolute Gasteiger partial charge is 0.343 e. The van der Waals surface area contributed by atoms with Gasteiger partial charge in [-0.15, -0.1) is 0 Å². The molecule has 2 rings (SSSR count). The zero-order valence-electron chi connectivity index (χ0n) is 16.7. The molecule has 0 atom stereocenters. The van der Waals surface area contributed by atoms with E-state index >= 15 is 0 Å². The Labute approximate surface area is 161 Å². The summed E-state index contributed by atoms with van der Waals surface area (Å²) in [7, 11) is 0. The Morgan fingerprint density at radius 1 is 1.00 bits per heavy atom. The zero-order chi connectivity index (χ0) is 20.0. The van der Waals surface area contributed by atoms with Gasteiger partial charge in [-0.3, -0.25) is 9.59 Å². The molecule has 2 aromatic rings. The topological polar surface area (TPSA) is 58.2 Å². The van der Waals surface area contributed by atoms with Crippen LogP contribution in [-0.4, -0.2) is 18.4 Å². The Bertz CT molecular complexity index is 826. The van der Waals surface area contributed by atoms with Crippen molar-refractivity contribution in [2.24, 2.45) is 0 Å². The van der Waals surface area contributed by atoms with Crippen molar-refractivity contribution >= 4 is 23.6 Å². The van der Waals surface area contributed by atoms with Crippen molar-refractivity contribution < 1.29 is 9.59 Å². The van der Waals surface area contributed by atoms with Gasteiger partial charge in [0.25, 0.3) is 0 Å². The van der Waals surface area contributed by atoms with Crippen molar-refractivity contribution in [2.45, 2.75) is 40.5 Å². The van der Waals surface area contributed by atoms with E-state index < -0.39 is 0 Å². The van der Waals surface area contributed by atoms with Crippen molar-refractivity contribution in [1.29, 1.82) is 0 Å². The summed E-state index contributed by atoms with van der Waals surface area (Å²) in [5, 5.41) is 5.49. The smallest absolute Gasteiger partial charge is 0.244 e. The minimum absolute atomic E-state index is 0.0672. The van der Waals surface area contributed by atoms with Crippen LogP contribution >= 0.6 is 0 Å². The van der Waals surface area contributed by atoms with E-state index in [2.05, 4.69) is 36.6 Å². The van der Waals surface area contributed by atoms with Crippen LogP contribution in [0.3, 0.4) is 0 Å². The molecule has 0 aromatic heterocycles. The van der Waals surface area contributed by atoms with Gasteiger partial charge < -0.3 is 10.6 Å². The van der Waals surface area contributed by atoms with Crippen LogP contribution in [0.4, 0.5) is 5.69 Å². The molecule has 0 unspecified atom stereocenters. The van der Waals surface area contributed by atoms with Crippen molar-refractivity contribution in [2.75, 3.05) is 11.9 Å². The average Bonchev–Trinajstić information content (AvgIpc) is 2.61. The van der Waals surface area contributed by atoms with Crippen molar-refractivity contribution in [1.82, 2.24) is 5.32 Å². The molecule has 0 aliphatic rings. The summed E-state index contributed by atoms with van der Waals surface area (Å²) in [6.45, 7) is 10.2. The number of hydrogen-bond donors (Lipinski definition) is 2. The van der Waals surface area contributed by atoms with Gasteiger partial charge in [-0.2, -0.15) is 0 Å². The molecule has 0 radical (unpaired) electrons. The summed E-state index contributed by atoms with van der Waals surface area (Å²) < 4.78 is 0. The molecule has 0 heterocycles. The molecule has 0 saturated carbocycles. The number of hydrogen-bond acceptors (Lipinski definition) is 2. The van der Waals surface area contributed by atoms with Crippen LogP contribution in [0.2, 0.25) is 0 Å². The van der Waals surface area contributed by atoms with E-state index in [4.69, 9.17) is 0 Å². The van der Waals surface area contributed by atoms with Crippen LogP contribution in [0.1, 0.15) is 47.6 Å². The SMILES string of the molecule is Cc1cc(C)c(NC(=O)CNC(=O)/C=C/c2ccc(C(C)C)cc2)c(C)c1. The Kier molecular flexibility index (Phi) is 6.94. The van der Waals surface area contributed by atoms with Crippen molar-refractivity contribution in [3.63, 3.8) is 0 Å². The lowest BCUT2D eigenvalue weighted by Gasteiger charge is -2.13. The van der Waals surface area contributed by atoms with Gasteiger partial charge >= 0.3 is 0 Å². The summed E-state index contributed by atoms with van der Waals surface area (Å²) >= 11 is 0. The fourth-order valence-corrected chi connectivity index (χ4v) is 2.95. The molecule has 0 fully saturated rings. The van der Waals surface area contributed by atoms with Crippen LogP contribution in [0.25, 0.3) is 6.08 Å². The quantitative estimate of drug-likeness (QED) is 0.741. The second-order valence-corrected chi connectivity index (χ2v) is 7.19. The third-order valence-electron chi connectivity index (χ3n) is 4.39. The highest BCUT2D eigenvalue weighted by molar-refractivity contribution is 5.98. The first kappa shape index (κ1) is 20.4. The molecule has 4 nitrogen and oxygen atoms in total. The maximum absolute atomic E-state index is 12.1. The van der Waals surface area contributed by atoms with Crippen LogP contribution in [0.5, 0.6) is 0 Å². The molecule has 0 aliphatic heterocycles. The predicted molar refractivity (Wildman–Crippen MR) is 112 cm³/mol. The fraction of sp³-hybridized carbons (Fsp3) is 0.304. The second-order valence-electron chi connectivity index (χ2n) is 7.19. The van der Waals surface area contributed by atoms with Crippen molar-refractivity contribution in [3.05, 3.63) is 70.3 Å². The molecule has 2 amide bonds. The lowest BCUT2D eigenvalue weighted by Crippen LogP contribution is -2.32. The number of nitrogens with one attached hydrogen (secondary N) is 2. The standard InChI is InChI=1S/C23H28N2O2/c1-15(2)20-9-6-19(7-10-20)8-11-21(26)24-14-22(27)25-23-17(4)12-16(3)13-18(23)5/h6-13,15H,14H2,1-5H3,(H,24,26)(H,25,27)/b11-8+. The fourth-order valence-electron chi connectivity index (χ4n) is 2.95. The molecule has 0 aliphatic carbocycles. The molecule has 0 saturated heterocycles. The second kappa shape index (κ2) is 9.17. The molecule has 4 heteroatoms. The van der Waals surface area contributed by atoms with Crippen LogP contribution in [0.15, 0.2) is 42.5 Å². The van der Waals surface area contributed by atoms with E-state index in [1.54, 1.807) is 6.08 Å². The number of aryl methyl sites for hydroxylation is 3. The molecule has 142 valence electrons. The van der Waals surface area contributed by atoms with Gasteiger partial charge in [0, 0.05) is 11.8 Å². The number of benzene rings is 2. The van der Waals surface area contributed by atoms with Gasteiger partial charge in [0.1, 0.15) is 0 Å². The third-order valence-corrected chi connectivity index (χ3v) is 4.39. The van der Waals surface area contributed by atoms with Gasteiger partial charge in [0.15, 0.2) is 0 Å². The van der Waals surface area contributed by atoms with E-state index in [0.717, 1.165) is 27.9 Å². The minimum Gasteiger partial charge on any atom is -0.343 e. The Hall–Kier alpha value is -2.88. The van der Waals surface area contributed by atoms with E-state index in [1.807, 2.05) is 45.0 Å². The minimum atomic E-state index is -0.296. The number of anilines is 1. The van der Waals surface area contributed by atoms with Gasteiger partial charge in [-0.25, -0.2) is 0 Å². The molecule has 0 bridgehead atoms. The molecular weight excluding hydrogens is 336 g/mol. The lowest BCUT2D eigenvalue weighted by atomic mass is 10.0. The Morgan fingerprint density at radius 2 is 1.59 bits per heavy atom. The predicted octanol–water partition coefficient (Wildman–Crippen LogP) is 4.50. The molecule has 0 spiro atoms. The van der Waals surface area contributed by atoms with Gasteiger partial charge in [0.05, 0.1) is 6.54 Å². The average molecular weight is 364 g/mol. The maximum Gasteiger partial charge on any atom is 0.244 e. The van der Waals surface area contributed by atoms with Gasteiger partial charge in [-0.1, -0.05) is 55.8 Å². The monoisotopic (exact) mass is 364 g/mol. The molecular formula is C23H28N2O2. The number of carbonyl (C=O) groups is 2. The Balaban J connectivity index is 1.87. The maximum atomic E-state index is 12.1. The van der Waals surface area contributed by atoms with E-state index in [9.17, 15) is 9.59 Å². The summed E-state index contributed by atoms with van der Waals surface area (Å²) in [5.74, 6) is -0.0610. The summed E-state index contributed by atoms with van der Waals surface area (Å²) in [4.78, 5) is 24.1. The lowest BCUT2D eigenvalue weighted by molar-refractivity contribution is -0.121. The van der Waals surface area contributed by atoms with Crippen LogP contribution in [-0.2, 0) is 9.59 Å². The first-order valence-corrected chi connectivity index (χ1v) is 9.20. The van der Waals surface area contributed by atoms with E-state index in [0.29, 0.717) is 5.92 Å². The van der Waals surface area contributed by atoms with Crippen LogP contribution in [0, 0.1) is 20.8 Å². The number of amides is 2. The first-order valence-electron chi connectivity index (χ1n) is 9.20. The summed E-state index contributed by atoms with van der Waals surface area (Å²) in [6, 6.07) is 12.1.